The minimum absolute atomic E-state index is 0.000453. The summed E-state index contributed by atoms with van der Waals surface area (Å²) >= 11 is -2.38. The third kappa shape index (κ3) is 11.0. The molecule has 0 saturated carbocycles. The van der Waals surface area contributed by atoms with Crippen LogP contribution < -0.4 is 0 Å². The van der Waals surface area contributed by atoms with Gasteiger partial charge in [0.05, 0.1) is 36.4 Å². The number of fused-ring (bicyclic) bond motifs is 4. The predicted octanol–water partition coefficient (Wildman–Crippen LogP) is 5.76. The van der Waals surface area contributed by atoms with Crippen molar-refractivity contribution >= 4 is 29.6 Å². The molecule has 1 unspecified atom stereocenters. The summed E-state index contributed by atoms with van der Waals surface area (Å²) in [5.74, 6) is -3.62. The number of aliphatic hydroxyl groups is 1. The SMILES string of the molecule is CC[C@@H]1OC(=O)[C@H](C)[C@H](O[C@H]2C[C@](C)(OC)[C@H](OC(=O)OCc3ccccc3)[C@@H](C)O2)[C@H](C)[C@@H](O[C@@H]2O[C@H](C)C[C@H](N(C)C)[C@H]2O)[C@]2(C)C[C@@H](C)[C@H](OS(=O)O2)[C@H](C)[C@H]2OC(=O)O[C@]12C. The summed E-state index contributed by atoms with van der Waals surface area (Å²) in [6.07, 6.45) is -11.3. The summed E-state index contributed by atoms with van der Waals surface area (Å²) in [7, 11) is 5.23. The van der Waals surface area contributed by atoms with Gasteiger partial charge in [0.1, 0.15) is 30.0 Å². The van der Waals surface area contributed by atoms with Crippen LogP contribution in [0, 0.1) is 23.7 Å². The van der Waals surface area contributed by atoms with Gasteiger partial charge in [-0.05, 0) is 86.4 Å². The van der Waals surface area contributed by atoms with Crippen LogP contribution in [0.15, 0.2) is 30.3 Å². The number of carbonyl (C=O) groups is 3. The average molecular weight is 942 g/mol. The van der Waals surface area contributed by atoms with Gasteiger partial charge in [-0.2, -0.15) is 4.21 Å². The van der Waals surface area contributed by atoms with Crippen molar-refractivity contribution in [2.75, 3.05) is 21.2 Å². The van der Waals surface area contributed by atoms with Crippen LogP contribution in [-0.4, -0.2) is 144 Å². The molecule has 368 valence electrons. The molecule has 6 rings (SSSR count). The molecule has 0 aromatic heterocycles. The normalized spacial score (nSPS) is 45.1. The van der Waals surface area contributed by atoms with Crippen molar-refractivity contribution in [3.8, 4) is 0 Å². The lowest BCUT2D eigenvalue weighted by molar-refractivity contribution is -0.316. The zero-order valence-corrected chi connectivity index (χ0v) is 40.8. The van der Waals surface area contributed by atoms with Crippen LogP contribution in [0.1, 0.15) is 100 Å². The maximum Gasteiger partial charge on any atom is 0.509 e. The fraction of sp³-hybridized carbons (Fsp3) is 0.804. The Morgan fingerprint density at radius 3 is 2.28 bits per heavy atom. The van der Waals surface area contributed by atoms with Crippen LogP contribution in [0.5, 0.6) is 0 Å². The molecule has 0 aliphatic carbocycles. The molecular formula is C46H71NO17S. The zero-order chi connectivity index (χ0) is 47.8. The topological polar surface area (TPSA) is 203 Å². The van der Waals surface area contributed by atoms with Gasteiger partial charge >= 0.3 is 29.6 Å². The van der Waals surface area contributed by atoms with Crippen molar-refractivity contribution < 1.29 is 79.4 Å². The van der Waals surface area contributed by atoms with Gasteiger partial charge in [-0.3, -0.25) is 13.2 Å². The molecule has 1 aromatic rings. The van der Waals surface area contributed by atoms with Crippen LogP contribution >= 0.6 is 0 Å². The summed E-state index contributed by atoms with van der Waals surface area (Å²) in [6, 6.07) is 8.86. The van der Waals surface area contributed by atoms with Crippen molar-refractivity contribution in [2.24, 2.45) is 23.7 Å². The lowest BCUT2D eigenvalue weighted by atomic mass is 9.73. The van der Waals surface area contributed by atoms with Gasteiger partial charge in [-0.15, -0.1) is 0 Å². The quantitative estimate of drug-likeness (QED) is 0.219. The number of hydrogen-bond donors (Lipinski definition) is 1. The minimum Gasteiger partial charge on any atom is -0.458 e. The lowest BCUT2D eigenvalue weighted by Crippen LogP contribution is -2.61. The highest BCUT2D eigenvalue weighted by Crippen LogP contribution is 2.47. The van der Waals surface area contributed by atoms with Crippen molar-refractivity contribution in [1.82, 2.24) is 4.90 Å². The molecule has 5 fully saturated rings. The van der Waals surface area contributed by atoms with Crippen molar-refractivity contribution in [1.29, 1.82) is 0 Å². The van der Waals surface area contributed by atoms with Crippen molar-refractivity contribution in [3.05, 3.63) is 35.9 Å². The fourth-order valence-corrected chi connectivity index (χ4v) is 11.8. The van der Waals surface area contributed by atoms with E-state index in [2.05, 4.69) is 0 Å². The molecule has 0 spiro atoms. The van der Waals surface area contributed by atoms with Crippen LogP contribution in [0.4, 0.5) is 9.59 Å². The second-order valence-corrected chi connectivity index (χ2v) is 20.3. The summed E-state index contributed by atoms with van der Waals surface area (Å²) in [6.45, 7) is 17.8. The number of nitrogens with zero attached hydrogens (tertiary/aromatic N) is 1. The molecule has 1 aromatic carbocycles. The van der Waals surface area contributed by atoms with Gasteiger partial charge in [0, 0.05) is 31.4 Å². The molecule has 18 nitrogen and oxygen atoms in total. The number of likely N-dealkylation sites (N-methyl/N-ethyl adjacent to an activating group) is 1. The van der Waals surface area contributed by atoms with Gasteiger partial charge in [0.15, 0.2) is 30.4 Å². The second kappa shape index (κ2) is 20.7. The Morgan fingerprint density at radius 1 is 0.938 bits per heavy atom. The number of methoxy groups -OCH3 is 1. The molecule has 1 N–H and O–H groups in total. The molecule has 20 atom stereocenters. The molecule has 19 heteroatoms. The lowest BCUT2D eigenvalue weighted by Gasteiger charge is -2.49. The first-order chi connectivity index (χ1) is 30.5. The molecular weight excluding hydrogens is 871 g/mol. The highest BCUT2D eigenvalue weighted by Gasteiger charge is 2.61. The third-order valence-corrected chi connectivity index (χ3v) is 15.2. The minimum atomic E-state index is -2.38. The summed E-state index contributed by atoms with van der Waals surface area (Å²) in [5, 5.41) is 11.8. The van der Waals surface area contributed by atoms with E-state index >= 15 is 0 Å². The molecule has 5 aliphatic heterocycles. The fourth-order valence-electron chi connectivity index (χ4n) is 10.8. The van der Waals surface area contributed by atoms with E-state index in [0.29, 0.717) is 6.42 Å². The number of cyclic esters (lactones) is 1. The van der Waals surface area contributed by atoms with Crippen LogP contribution in [-0.2, 0) is 78.5 Å². The maximum absolute atomic E-state index is 14.7. The first kappa shape index (κ1) is 51.4. The number of aliphatic hydroxyl groups excluding tert-OH is 1. The first-order valence-corrected chi connectivity index (χ1v) is 23.8. The largest absolute Gasteiger partial charge is 0.509 e. The first-order valence-electron chi connectivity index (χ1n) is 22.8. The smallest absolute Gasteiger partial charge is 0.458 e. The Morgan fingerprint density at radius 2 is 1.63 bits per heavy atom. The number of esters is 1. The highest BCUT2D eigenvalue weighted by molar-refractivity contribution is 7.75. The Bertz CT molecular complexity index is 1830. The van der Waals surface area contributed by atoms with Crippen LogP contribution in [0.3, 0.4) is 0 Å². The van der Waals surface area contributed by atoms with Crippen molar-refractivity contribution in [2.45, 2.75) is 192 Å². The van der Waals surface area contributed by atoms with Crippen LogP contribution in [0.25, 0.3) is 0 Å². The molecule has 0 radical (unpaired) electrons. The van der Waals surface area contributed by atoms with E-state index < -0.39 is 132 Å². The summed E-state index contributed by atoms with van der Waals surface area (Å²) < 4.78 is 88.7. The standard InChI is InChI=1S/C46H71NO17S/c1-14-32-46(10)38(60-43(51)62-46)26(4)35-24(2)21-45(9,64-65(52)63-35)37(59-41-34(48)31(47(11)12)20-25(3)55-41)27(5)36(28(6)40(49)57-32)58-33-22-44(8,53-13)39(29(7)56-33)61-42(50)54-23-30-18-16-15-17-19-30/h15-19,24-29,31-39,41,48H,14,20-23H2,1-13H3/t24-,25-,26+,27+,28-,29-,31+,32+,33+,34-,35+,36-,37-,38-,39-,41+,44+,45+,46-,65?/m1/s1. The summed E-state index contributed by atoms with van der Waals surface area (Å²) in [5.41, 5.74) is -3.31. The van der Waals surface area contributed by atoms with E-state index in [1.54, 1.807) is 41.5 Å². The number of hydrogen-bond acceptors (Lipinski definition) is 18. The van der Waals surface area contributed by atoms with Gasteiger partial charge in [-0.25, -0.2) is 9.59 Å². The highest BCUT2D eigenvalue weighted by atomic mass is 32.2. The third-order valence-electron chi connectivity index (χ3n) is 14.3. The monoisotopic (exact) mass is 941 g/mol. The predicted molar refractivity (Wildman–Crippen MR) is 232 cm³/mol. The molecule has 0 amide bonds. The molecule has 5 heterocycles. The second-order valence-electron chi connectivity index (χ2n) is 19.5. The van der Waals surface area contributed by atoms with Crippen molar-refractivity contribution in [3.63, 3.8) is 0 Å². The zero-order valence-electron chi connectivity index (χ0n) is 40.0. The van der Waals surface area contributed by atoms with E-state index in [4.69, 9.17) is 55.7 Å². The molecule has 5 aliphatic rings. The van der Waals surface area contributed by atoms with E-state index in [-0.39, 0.29) is 38.0 Å². The Hall–Kier alpha value is -2.98. The number of carbonyl (C=O) groups excluding carboxylic acids is 3. The van der Waals surface area contributed by atoms with Gasteiger partial charge in [-0.1, -0.05) is 58.0 Å². The Balaban J connectivity index is 1.39. The average Bonchev–Trinajstić information content (AvgIpc) is 3.50. The Labute approximate surface area is 385 Å². The number of benzene rings is 1. The molecule has 2 bridgehead atoms. The van der Waals surface area contributed by atoms with Gasteiger partial charge in [0.25, 0.3) is 0 Å². The molecule has 5 saturated heterocycles. The van der Waals surface area contributed by atoms with E-state index in [9.17, 15) is 23.7 Å². The maximum atomic E-state index is 14.7. The van der Waals surface area contributed by atoms with E-state index in [1.165, 1.54) is 7.11 Å². The van der Waals surface area contributed by atoms with Crippen LogP contribution in [0.2, 0.25) is 0 Å². The van der Waals surface area contributed by atoms with Gasteiger partial charge in [0.2, 0.25) is 0 Å². The number of ether oxygens (including phenoxy) is 10. The van der Waals surface area contributed by atoms with Gasteiger partial charge < -0.3 is 57.4 Å². The molecule has 65 heavy (non-hydrogen) atoms. The Kier molecular flexibility index (Phi) is 16.4. The number of rotatable bonds is 10. The van der Waals surface area contributed by atoms with E-state index in [1.807, 2.05) is 77.0 Å². The van der Waals surface area contributed by atoms with E-state index in [0.717, 1.165) is 5.56 Å². The summed E-state index contributed by atoms with van der Waals surface area (Å²) in [4.78, 5) is 42.7.